The molecule has 0 aromatic heterocycles. The van der Waals surface area contributed by atoms with Gasteiger partial charge in [-0.3, -0.25) is 13.9 Å². The number of carbonyl (C=O) groups excluding carboxylic acids is 2. The largest absolute Gasteiger partial charge is 0.354 e. The van der Waals surface area contributed by atoms with E-state index in [9.17, 15) is 22.4 Å². The molecule has 3 aromatic rings. The maximum Gasteiger partial charge on any atom is 0.264 e. The summed E-state index contributed by atoms with van der Waals surface area (Å²) in [4.78, 5) is 28.0. The average Bonchev–Trinajstić information content (AvgIpc) is 2.91. The molecule has 0 saturated heterocycles. The van der Waals surface area contributed by atoms with Crippen LogP contribution < -0.4 is 9.62 Å². The van der Waals surface area contributed by atoms with Crippen LogP contribution in [0.5, 0.6) is 0 Å². The molecule has 3 aromatic carbocycles. The van der Waals surface area contributed by atoms with Gasteiger partial charge >= 0.3 is 0 Å². The number of carbonyl (C=O) groups is 2. The molecular formula is C28H31ClFN3O4S. The number of halogens is 2. The molecule has 0 bridgehead atoms. The van der Waals surface area contributed by atoms with E-state index in [-0.39, 0.29) is 28.1 Å². The maximum atomic E-state index is 13.9. The molecule has 0 heterocycles. The fourth-order valence-electron chi connectivity index (χ4n) is 3.84. The van der Waals surface area contributed by atoms with Crippen molar-refractivity contribution in [1.82, 2.24) is 10.2 Å². The van der Waals surface area contributed by atoms with Crippen LogP contribution >= 0.6 is 11.6 Å². The van der Waals surface area contributed by atoms with E-state index >= 15 is 0 Å². The molecule has 0 fully saturated rings. The zero-order valence-corrected chi connectivity index (χ0v) is 23.1. The first-order valence-corrected chi connectivity index (χ1v) is 14.0. The van der Waals surface area contributed by atoms with Gasteiger partial charge in [0.05, 0.1) is 15.6 Å². The van der Waals surface area contributed by atoms with Gasteiger partial charge in [0.1, 0.15) is 18.4 Å². The first-order valence-electron chi connectivity index (χ1n) is 12.2. The van der Waals surface area contributed by atoms with E-state index in [1.54, 1.807) is 25.1 Å². The Morgan fingerprint density at radius 3 is 2.32 bits per heavy atom. The van der Waals surface area contributed by atoms with Crippen molar-refractivity contribution in [3.05, 3.63) is 94.8 Å². The molecule has 0 aliphatic heterocycles. The van der Waals surface area contributed by atoms with E-state index in [1.165, 1.54) is 23.1 Å². The Hall–Kier alpha value is -3.43. The molecular weight excluding hydrogens is 529 g/mol. The van der Waals surface area contributed by atoms with E-state index in [0.29, 0.717) is 6.54 Å². The molecule has 1 N–H and O–H groups in total. The zero-order valence-electron chi connectivity index (χ0n) is 21.5. The predicted octanol–water partition coefficient (Wildman–Crippen LogP) is 4.93. The Labute approximate surface area is 228 Å². The second-order valence-electron chi connectivity index (χ2n) is 8.84. The first kappa shape index (κ1) is 29.1. The van der Waals surface area contributed by atoms with Gasteiger partial charge in [-0.15, -0.1) is 0 Å². The van der Waals surface area contributed by atoms with Gasteiger partial charge < -0.3 is 10.2 Å². The normalized spacial score (nSPS) is 12.0. The van der Waals surface area contributed by atoms with E-state index in [1.807, 2.05) is 38.1 Å². The number of benzene rings is 3. The number of nitrogens with zero attached hydrogens (tertiary/aromatic N) is 2. The smallest absolute Gasteiger partial charge is 0.264 e. The highest BCUT2D eigenvalue weighted by Gasteiger charge is 2.32. The summed E-state index contributed by atoms with van der Waals surface area (Å²) in [6.45, 7) is 5.32. The summed E-state index contributed by atoms with van der Waals surface area (Å²) >= 11 is 5.97. The lowest BCUT2D eigenvalue weighted by Crippen LogP contribution is -2.51. The van der Waals surface area contributed by atoms with E-state index in [2.05, 4.69) is 5.32 Å². The molecule has 38 heavy (non-hydrogen) atoms. The number of anilines is 1. The summed E-state index contributed by atoms with van der Waals surface area (Å²) in [5, 5.41) is 2.51. The van der Waals surface area contributed by atoms with E-state index in [0.717, 1.165) is 34.0 Å². The lowest BCUT2D eigenvalue weighted by molar-refractivity contribution is -0.139. The Morgan fingerprint density at radius 1 is 1.03 bits per heavy atom. The van der Waals surface area contributed by atoms with Gasteiger partial charge in [-0.1, -0.05) is 61.0 Å². The summed E-state index contributed by atoms with van der Waals surface area (Å²) in [6, 6.07) is 17.6. The second kappa shape index (κ2) is 12.9. The van der Waals surface area contributed by atoms with Crippen LogP contribution in [0.3, 0.4) is 0 Å². The summed E-state index contributed by atoms with van der Waals surface area (Å²) in [5.41, 5.74) is 1.76. The number of amides is 2. The zero-order chi connectivity index (χ0) is 27.9. The van der Waals surface area contributed by atoms with Crippen molar-refractivity contribution in [3.8, 4) is 0 Å². The summed E-state index contributed by atoms with van der Waals surface area (Å²) in [7, 11) is -4.25. The third-order valence-corrected chi connectivity index (χ3v) is 8.20. The van der Waals surface area contributed by atoms with Gasteiger partial charge in [0.15, 0.2) is 0 Å². The molecule has 0 aliphatic carbocycles. The van der Waals surface area contributed by atoms with Crippen LogP contribution in [-0.4, -0.2) is 44.3 Å². The molecule has 202 valence electrons. The molecule has 0 spiro atoms. The quantitative estimate of drug-likeness (QED) is 0.361. The molecule has 10 heteroatoms. The highest BCUT2D eigenvalue weighted by atomic mass is 35.5. The summed E-state index contributed by atoms with van der Waals surface area (Å²) < 4.78 is 42.2. The lowest BCUT2D eigenvalue weighted by atomic mass is 10.1. The number of hydrogen-bond donors (Lipinski definition) is 1. The van der Waals surface area contributed by atoms with Crippen molar-refractivity contribution in [2.24, 2.45) is 0 Å². The standard InChI is InChI=1S/C28H31ClFN3O4S/c1-4-16-31-28(35)21(3)32(18-22-11-9-8-10-20(22)2)27(34)19-33(23-14-15-26(30)25(29)17-23)38(36,37)24-12-6-5-7-13-24/h5-15,17,21H,4,16,18-19H2,1-3H3,(H,31,35). The van der Waals surface area contributed by atoms with Crippen LogP contribution in [0.15, 0.2) is 77.7 Å². The molecule has 1 unspecified atom stereocenters. The third kappa shape index (κ3) is 6.90. The van der Waals surface area contributed by atoms with Crippen LogP contribution in [-0.2, 0) is 26.2 Å². The molecule has 0 radical (unpaired) electrons. The molecule has 7 nitrogen and oxygen atoms in total. The van der Waals surface area contributed by atoms with Crippen molar-refractivity contribution in [1.29, 1.82) is 0 Å². The second-order valence-corrected chi connectivity index (χ2v) is 11.1. The SMILES string of the molecule is CCCNC(=O)C(C)N(Cc1ccccc1C)C(=O)CN(c1ccc(F)c(Cl)c1)S(=O)(=O)c1ccccc1. The third-order valence-electron chi connectivity index (χ3n) is 6.12. The first-order chi connectivity index (χ1) is 18.1. The average molecular weight is 560 g/mol. The minimum absolute atomic E-state index is 0.0209. The summed E-state index contributed by atoms with van der Waals surface area (Å²) in [5.74, 6) is -1.68. The van der Waals surface area contributed by atoms with Gasteiger partial charge in [0.2, 0.25) is 11.8 Å². The monoisotopic (exact) mass is 559 g/mol. The number of rotatable bonds is 11. The van der Waals surface area contributed by atoms with Gasteiger partial charge in [-0.05, 0) is 61.7 Å². The van der Waals surface area contributed by atoms with Crippen LogP contribution in [0, 0.1) is 12.7 Å². The fraction of sp³-hybridized carbons (Fsp3) is 0.286. The fourth-order valence-corrected chi connectivity index (χ4v) is 5.44. The number of hydrogen-bond acceptors (Lipinski definition) is 4. The topological polar surface area (TPSA) is 86.8 Å². The van der Waals surface area contributed by atoms with Crippen LogP contribution in [0.1, 0.15) is 31.4 Å². The molecule has 1 atom stereocenters. The molecule has 0 aliphatic rings. The number of nitrogens with one attached hydrogen (secondary N) is 1. The van der Waals surface area contributed by atoms with Gasteiger partial charge in [-0.25, -0.2) is 12.8 Å². The maximum absolute atomic E-state index is 13.9. The van der Waals surface area contributed by atoms with E-state index < -0.39 is 34.3 Å². The van der Waals surface area contributed by atoms with Crippen molar-refractivity contribution >= 4 is 39.1 Å². The van der Waals surface area contributed by atoms with Crippen LogP contribution in [0.4, 0.5) is 10.1 Å². The highest BCUT2D eigenvalue weighted by molar-refractivity contribution is 7.92. The van der Waals surface area contributed by atoms with E-state index in [4.69, 9.17) is 11.6 Å². The summed E-state index contributed by atoms with van der Waals surface area (Å²) in [6.07, 6.45) is 0.721. The molecule has 3 rings (SSSR count). The predicted molar refractivity (Wildman–Crippen MR) is 147 cm³/mol. The number of sulfonamides is 1. The van der Waals surface area contributed by atoms with Crippen LogP contribution in [0.25, 0.3) is 0 Å². The lowest BCUT2D eigenvalue weighted by Gasteiger charge is -2.32. The van der Waals surface area contributed by atoms with Crippen molar-refractivity contribution in [3.63, 3.8) is 0 Å². The van der Waals surface area contributed by atoms with Gasteiger partial charge in [0.25, 0.3) is 10.0 Å². The van der Waals surface area contributed by atoms with Gasteiger partial charge in [0, 0.05) is 13.1 Å². The van der Waals surface area contributed by atoms with Crippen molar-refractivity contribution < 1.29 is 22.4 Å². The minimum atomic E-state index is -4.25. The Morgan fingerprint density at radius 2 is 1.68 bits per heavy atom. The Kier molecular flexibility index (Phi) is 9.88. The molecule has 2 amide bonds. The van der Waals surface area contributed by atoms with Gasteiger partial charge in [-0.2, -0.15) is 0 Å². The Bertz CT molecular complexity index is 1390. The molecule has 0 saturated carbocycles. The highest BCUT2D eigenvalue weighted by Crippen LogP contribution is 2.28. The van der Waals surface area contributed by atoms with Crippen LogP contribution in [0.2, 0.25) is 5.02 Å². The Balaban J connectivity index is 2.04. The number of aryl methyl sites for hydroxylation is 1. The minimum Gasteiger partial charge on any atom is -0.354 e. The van der Waals surface area contributed by atoms with Crippen molar-refractivity contribution in [2.75, 3.05) is 17.4 Å². The van der Waals surface area contributed by atoms with Crippen molar-refractivity contribution in [2.45, 2.75) is 44.7 Å².